The van der Waals surface area contributed by atoms with Gasteiger partial charge in [-0.1, -0.05) is 19.1 Å². The van der Waals surface area contributed by atoms with E-state index < -0.39 is 0 Å². The lowest BCUT2D eigenvalue weighted by Gasteiger charge is -2.24. The largest absolute Gasteiger partial charge is 0.350 e. The fourth-order valence-electron chi connectivity index (χ4n) is 2.19. The van der Waals surface area contributed by atoms with Crippen molar-refractivity contribution in [3.05, 3.63) is 30.1 Å². The molecule has 1 aromatic heterocycles. The maximum atomic E-state index is 12.3. The van der Waals surface area contributed by atoms with Crippen molar-refractivity contribution < 1.29 is 4.79 Å². The van der Waals surface area contributed by atoms with E-state index >= 15 is 0 Å². The van der Waals surface area contributed by atoms with Crippen molar-refractivity contribution in [2.75, 3.05) is 6.26 Å². The average Bonchev–Trinajstić information content (AvgIpc) is 2.77. The van der Waals surface area contributed by atoms with Crippen LogP contribution in [-0.2, 0) is 17.1 Å². The number of para-hydroxylation sites is 2. The van der Waals surface area contributed by atoms with E-state index in [0.717, 1.165) is 29.0 Å². The van der Waals surface area contributed by atoms with Gasteiger partial charge in [0.15, 0.2) is 0 Å². The van der Waals surface area contributed by atoms with Gasteiger partial charge in [-0.2, -0.15) is 11.8 Å². The Hall–Kier alpha value is -1.49. The first kappa shape index (κ1) is 15.9. The zero-order chi connectivity index (χ0) is 15.5. The highest BCUT2D eigenvalue weighted by molar-refractivity contribution is 7.97. The summed E-state index contributed by atoms with van der Waals surface area (Å²) >= 11 is 1.71. The van der Waals surface area contributed by atoms with E-state index in [-0.39, 0.29) is 11.4 Å². The molecule has 0 fully saturated rings. The molecule has 0 bridgehead atoms. The number of fused-ring (bicyclic) bond motifs is 1. The van der Waals surface area contributed by atoms with Crippen molar-refractivity contribution in [1.29, 1.82) is 0 Å². The van der Waals surface area contributed by atoms with Gasteiger partial charge in [-0.05, 0) is 38.7 Å². The summed E-state index contributed by atoms with van der Waals surface area (Å²) in [6.07, 6.45) is 2.95. The lowest BCUT2D eigenvalue weighted by atomic mass is 10.0. The standard InChI is InChI=1S/C16H23N3OS/c1-5-16(2,3)18-15(20)10-19-13-9-7-6-8-12(13)17-14(19)11-21-4/h6-9H,5,10-11H2,1-4H3,(H,18,20). The Labute approximate surface area is 130 Å². The molecule has 0 spiro atoms. The van der Waals surface area contributed by atoms with Crippen LogP contribution in [0.4, 0.5) is 0 Å². The summed E-state index contributed by atoms with van der Waals surface area (Å²) in [5, 5.41) is 3.08. The van der Waals surface area contributed by atoms with Crippen LogP contribution in [0.5, 0.6) is 0 Å². The molecule has 1 amide bonds. The van der Waals surface area contributed by atoms with Crippen LogP contribution in [0.3, 0.4) is 0 Å². The smallest absolute Gasteiger partial charge is 0.240 e. The number of nitrogens with one attached hydrogen (secondary N) is 1. The van der Waals surface area contributed by atoms with Crippen LogP contribution < -0.4 is 5.32 Å². The van der Waals surface area contributed by atoms with Gasteiger partial charge in [-0.3, -0.25) is 4.79 Å². The maximum absolute atomic E-state index is 12.3. The number of hydrogen-bond acceptors (Lipinski definition) is 3. The van der Waals surface area contributed by atoms with Gasteiger partial charge in [-0.15, -0.1) is 0 Å². The van der Waals surface area contributed by atoms with Gasteiger partial charge >= 0.3 is 0 Å². The Morgan fingerprint density at radius 3 is 2.76 bits per heavy atom. The van der Waals surface area contributed by atoms with Crippen LogP contribution in [0.15, 0.2) is 24.3 Å². The lowest BCUT2D eigenvalue weighted by Crippen LogP contribution is -2.44. The number of amides is 1. The fraction of sp³-hybridized carbons (Fsp3) is 0.500. The topological polar surface area (TPSA) is 46.9 Å². The summed E-state index contributed by atoms with van der Waals surface area (Å²) in [7, 11) is 0. The third-order valence-corrected chi connectivity index (χ3v) is 4.22. The number of hydrogen-bond donors (Lipinski definition) is 1. The zero-order valence-corrected chi connectivity index (χ0v) is 14.0. The third-order valence-electron chi connectivity index (χ3n) is 3.67. The Morgan fingerprint density at radius 1 is 1.38 bits per heavy atom. The first-order chi connectivity index (χ1) is 9.96. The first-order valence-corrected chi connectivity index (χ1v) is 8.60. The second-order valence-corrected chi connectivity index (χ2v) is 6.69. The average molecular weight is 305 g/mol. The van der Waals surface area contributed by atoms with Gasteiger partial charge in [-0.25, -0.2) is 4.98 Å². The monoisotopic (exact) mass is 305 g/mol. The van der Waals surface area contributed by atoms with Crippen LogP contribution in [0.25, 0.3) is 11.0 Å². The quantitative estimate of drug-likeness (QED) is 0.891. The number of aromatic nitrogens is 2. The molecule has 0 radical (unpaired) electrons. The van der Waals surface area contributed by atoms with Gasteiger partial charge in [0.25, 0.3) is 0 Å². The number of imidazole rings is 1. The van der Waals surface area contributed by atoms with Crippen molar-refractivity contribution in [1.82, 2.24) is 14.9 Å². The number of thioether (sulfide) groups is 1. The number of carbonyl (C=O) groups excluding carboxylic acids is 1. The molecule has 5 heteroatoms. The molecular weight excluding hydrogens is 282 g/mol. The van der Waals surface area contributed by atoms with Crippen LogP contribution in [0, 0.1) is 0 Å². The van der Waals surface area contributed by atoms with Crippen LogP contribution >= 0.6 is 11.8 Å². The molecule has 0 aliphatic carbocycles. The van der Waals surface area contributed by atoms with E-state index in [9.17, 15) is 4.79 Å². The molecule has 21 heavy (non-hydrogen) atoms. The third kappa shape index (κ3) is 3.79. The lowest BCUT2D eigenvalue weighted by molar-refractivity contribution is -0.123. The van der Waals surface area contributed by atoms with E-state index in [1.165, 1.54) is 0 Å². The predicted octanol–water partition coefficient (Wildman–Crippen LogP) is 3.20. The molecular formula is C16H23N3OS. The van der Waals surface area contributed by atoms with E-state index in [1.54, 1.807) is 11.8 Å². The Balaban J connectivity index is 2.28. The van der Waals surface area contributed by atoms with Gasteiger partial charge in [0.1, 0.15) is 12.4 Å². The van der Waals surface area contributed by atoms with Crippen molar-refractivity contribution in [3.63, 3.8) is 0 Å². The highest BCUT2D eigenvalue weighted by atomic mass is 32.2. The Kier molecular flexibility index (Phi) is 4.93. The van der Waals surface area contributed by atoms with Gasteiger partial charge in [0.2, 0.25) is 5.91 Å². The van der Waals surface area contributed by atoms with E-state index in [1.807, 2.05) is 48.9 Å². The van der Waals surface area contributed by atoms with Crippen molar-refractivity contribution in [3.8, 4) is 0 Å². The van der Waals surface area contributed by atoms with Crippen LogP contribution in [0.2, 0.25) is 0 Å². The SMILES string of the molecule is CCC(C)(C)NC(=O)Cn1c(CSC)nc2ccccc21. The molecule has 0 unspecified atom stereocenters. The number of nitrogens with zero attached hydrogens (tertiary/aromatic N) is 2. The van der Waals surface area contributed by atoms with Gasteiger partial charge < -0.3 is 9.88 Å². The highest BCUT2D eigenvalue weighted by Crippen LogP contribution is 2.19. The van der Waals surface area contributed by atoms with Gasteiger partial charge in [0.05, 0.1) is 16.8 Å². The molecule has 1 aromatic carbocycles. The summed E-state index contributed by atoms with van der Waals surface area (Å²) in [6.45, 7) is 6.48. The summed E-state index contributed by atoms with van der Waals surface area (Å²) in [4.78, 5) is 17.0. The molecule has 4 nitrogen and oxygen atoms in total. The summed E-state index contributed by atoms with van der Waals surface area (Å²) < 4.78 is 2.02. The second-order valence-electron chi connectivity index (χ2n) is 5.82. The zero-order valence-electron chi connectivity index (χ0n) is 13.1. The van der Waals surface area contributed by atoms with Crippen molar-refractivity contribution >= 4 is 28.7 Å². The van der Waals surface area contributed by atoms with E-state index in [0.29, 0.717) is 6.54 Å². The Bertz CT molecular complexity index is 633. The van der Waals surface area contributed by atoms with Crippen molar-refractivity contribution in [2.45, 2.75) is 45.0 Å². The molecule has 0 atom stereocenters. The molecule has 2 rings (SSSR count). The van der Waals surface area contributed by atoms with E-state index in [4.69, 9.17) is 0 Å². The van der Waals surface area contributed by atoms with E-state index in [2.05, 4.69) is 17.2 Å². The summed E-state index contributed by atoms with van der Waals surface area (Å²) in [6, 6.07) is 7.97. The minimum atomic E-state index is -0.173. The molecule has 0 saturated heterocycles. The molecule has 2 aromatic rings. The molecule has 0 saturated carbocycles. The van der Waals surface area contributed by atoms with Crippen LogP contribution in [-0.4, -0.2) is 27.3 Å². The Morgan fingerprint density at radius 2 is 2.10 bits per heavy atom. The highest BCUT2D eigenvalue weighted by Gasteiger charge is 2.19. The number of benzene rings is 1. The molecule has 0 aliphatic rings. The number of rotatable bonds is 6. The second kappa shape index (κ2) is 6.52. The number of carbonyl (C=O) groups is 1. The fourth-order valence-corrected chi connectivity index (χ4v) is 2.67. The normalized spacial score (nSPS) is 11.8. The van der Waals surface area contributed by atoms with Crippen LogP contribution in [0.1, 0.15) is 33.0 Å². The molecule has 0 aliphatic heterocycles. The maximum Gasteiger partial charge on any atom is 0.240 e. The minimum absolute atomic E-state index is 0.0346. The predicted molar refractivity (Wildman–Crippen MR) is 89.5 cm³/mol. The molecule has 1 heterocycles. The van der Waals surface area contributed by atoms with Crippen molar-refractivity contribution in [2.24, 2.45) is 0 Å². The summed E-state index contributed by atoms with van der Waals surface area (Å²) in [5.41, 5.74) is 1.79. The van der Waals surface area contributed by atoms with Gasteiger partial charge in [0, 0.05) is 5.54 Å². The summed E-state index contributed by atoms with van der Waals surface area (Å²) in [5.74, 6) is 1.79. The minimum Gasteiger partial charge on any atom is -0.350 e. The first-order valence-electron chi connectivity index (χ1n) is 7.21. The molecule has 114 valence electrons. The molecule has 1 N–H and O–H groups in total.